The van der Waals surface area contributed by atoms with E-state index in [1.54, 1.807) is 7.11 Å². The molecule has 0 radical (unpaired) electrons. The first-order valence-electron chi connectivity index (χ1n) is 9.37. The monoisotopic (exact) mass is 351 g/mol. The number of methoxy groups -OCH3 is 1. The topological polar surface area (TPSA) is 38.3 Å². The molecule has 1 atom stereocenters. The number of carbonyl (C=O) groups excluding carboxylic acids is 1. The van der Waals surface area contributed by atoms with Gasteiger partial charge in [-0.15, -0.1) is 0 Å². The molecule has 1 saturated heterocycles. The summed E-state index contributed by atoms with van der Waals surface area (Å²) >= 11 is 0. The van der Waals surface area contributed by atoms with Crippen LogP contribution in [0.4, 0.5) is 5.69 Å². The molecule has 136 valence electrons. The van der Waals surface area contributed by atoms with Crippen molar-refractivity contribution in [3.63, 3.8) is 0 Å². The summed E-state index contributed by atoms with van der Waals surface area (Å²) in [6.45, 7) is 8.74. The molecule has 1 unspecified atom stereocenters. The van der Waals surface area contributed by atoms with Crippen molar-refractivity contribution in [2.45, 2.75) is 58.5 Å². The number of rotatable bonds is 6. The van der Waals surface area contributed by atoms with Crippen LogP contribution < -0.4 is 10.1 Å². The molecular weight excluding hydrogens is 317 g/mol. The van der Waals surface area contributed by atoms with E-state index in [1.165, 1.54) is 31.6 Å². The number of benzene rings is 1. The number of aryl methyl sites for hydroxylation is 2. The molecule has 1 aromatic carbocycles. The summed E-state index contributed by atoms with van der Waals surface area (Å²) in [5, 5.41) is 3.28. The van der Waals surface area contributed by atoms with Crippen molar-refractivity contribution >= 4 is 18.9 Å². The van der Waals surface area contributed by atoms with Crippen LogP contribution in [0.5, 0.6) is 5.75 Å². The van der Waals surface area contributed by atoms with Crippen molar-refractivity contribution in [1.29, 1.82) is 0 Å². The number of ether oxygens (including phenoxy) is 1. The van der Waals surface area contributed by atoms with Gasteiger partial charge >= 0.3 is 147 Å². The zero-order chi connectivity index (χ0) is 17.7. The van der Waals surface area contributed by atoms with Crippen LogP contribution in [0.25, 0.3) is 0 Å². The van der Waals surface area contributed by atoms with Gasteiger partial charge in [0.1, 0.15) is 0 Å². The van der Waals surface area contributed by atoms with E-state index in [0.717, 1.165) is 35.4 Å². The molecule has 1 amide bonds. The Labute approximate surface area is 147 Å². The van der Waals surface area contributed by atoms with Gasteiger partial charge in [0.2, 0.25) is 0 Å². The summed E-state index contributed by atoms with van der Waals surface area (Å²) in [5.41, 5.74) is 3.36. The van der Waals surface area contributed by atoms with Gasteiger partial charge in [-0.05, 0) is 0 Å². The van der Waals surface area contributed by atoms with Gasteiger partial charge in [0.25, 0.3) is 0 Å². The van der Waals surface area contributed by atoms with Crippen LogP contribution in [0.1, 0.15) is 50.2 Å². The number of nitrogens with one attached hydrogen (secondary N) is 1. The third-order valence-electron chi connectivity index (χ3n) is 5.72. The van der Waals surface area contributed by atoms with E-state index in [0.29, 0.717) is 0 Å². The van der Waals surface area contributed by atoms with Crippen LogP contribution in [0.3, 0.4) is 0 Å². The Balaban J connectivity index is 2.22. The molecular formula is C20H34NO2P. The van der Waals surface area contributed by atoms with E-state index in [1.807, 2.05) is 26.0 Å². The zero-order valence-corrected chi connectivity index (χ0v) is 17.0. The van der Waals surface area contributed by atoms with Crippen molar-refractivity contribution in [1.82, 2.24) is 0 Å². The molecule has 2 rings (SSSR count). The Morgan fingerprint density at radius 2 is 1.79 bits per heavy atom. The minimum atomic E-state index is -1.49. The SMILES string of the molecule is CCCC(C(=O)Nc1c(C)cc(OC)cc1C)[PH]1(C)CCCCC1. The third-order valence-corrected chi connectivity index (χ3v) is 10.9. The maximum absolute atomic E-state index is 13.2. The molecule has 0 spiro atoms. The first-order chi connectivity index (χ1) is 11.4. The molecule has 0 bridgehead atoms. The number of anilines is 1. The van der Waals surface area contributed by atoms with Gasteiger partial charge in [0.05, 0.1) is 0 Å². The Hall–Kier alpha value is -1.08. The zero-order valence-electron chi connectivity index (χ0n) is 16.0. The van der Waals surface area contributed by atoms with E-state index in [9.17, 15) is 4.79 Å². The van der Waals surface area contributed by atoms with Crippen molar-refractivity contribution in [2.24, 2.45) is 0 Å². The first kappa shape index (κ1) is 19.2. The Morgan fingerprint density at radius 1 is 1.21 bits per heavy atom. The van der Waals surface area contributed by atoms with Crippen molar-refractivity contribution in [3.8, 4) is 5.75 Å². The van der Waals surface area contributed by atoms with Crippen LogP contribution in [-0.2, 0) is 4.79 Å². The molecule has 3 nitrogen and oxygen atoms in total. The van der Waals surface area contributed by atoms with Gasteiger partial charge in [0, 0.05) is 0 Å². The van der Waals surface area contributed by atoms with Crippen LogP contribution in [-0.4, -0.2) is 37.7 Å². The average molecular weight is 351 g/mol. The van der Waals surface area contributed by atoms with E-state index < -0.39 is 7.26 Å². The fourth-order valence-corrected chi connectivity index (χ4v) is 8.99. The van der Waals surface area contributed by atoms with Gasteiger partial charge in [-0.1, -0.05) is 0 Å². The molecule has 0 aliphatic carbocycles. The van der Waals surface area contributed by atoms with E-state index in [2.05, 4.69) is 18.9 Å². The van der Waals surface area contributed by atoms with Crippen molar-refractivity contribution in [3.05, 3.63) is 23.3 Å². The van der Waals surface area contributed by atoms with Gasteiger partial charge in [-0.25, -0.2) is 0 Å². The molecule has 1 heterocycles. The second kappa shape index (κ2) is 8.34. The molecule has 0 aromatic heterocycles. The molecule has 1 aliphatic rings. The fourth-order valence-electron chi connectivity index (χ4n) is 4.24. The summed E-state index contributed by atoms with van der Waals surface area (Å²) < 4.78 is 5.33. The Bertz CT molecular complexity index is 556. The van der Waals surface area contributed by atoms with Gasteiger partial charge < -0.3 is 0 Å². The standard InChI is InChI=1S/C20H34NO2P/c1-6-10-18(24(5)11-8-7-9-12-24)20(22)21-19-15(2)13-17(23-4)14-16(19)3/h13-14,18,24H,6-12H2,1-5H3,(H,21,22). The van der Waals surface area contributed by atoms with Crippen molar-refractivity contribution < 1.29 is 9.53 Å². The first-order valence-corrected chi connectivity index (χ1v) is 12.4. The minimum absolute atomic E-state index is 0.240. The van der Waals surface area contributed by atoms with E-state index in [-0.39, 0.29) is 11.6 Å². The van der Waals surface area contributed by atoms with Gasteiger partial charge in [-0.2, -0.15) is 0 Å². The molecule has 1 N–H and O–H groups in total. The number of hydrogen-bond acceptors (Lipinski definition) is 2. The summed E-state index contributed by atoms with van der Waals surface area (Å²) in [6, 6.07) is 3.99. The van der Waals surface area contributed by atoms with Crippen LogP contribution >= 0.6 is 7.26 Å². The van der Waals surface area contributed by atoms with Crippen LogP contribution in [0.2, 0.25) is 0 Å². The molecule has 1 aliphatic heterocycles. The van der Waals surface area contributed by atoms with E-state index in [4.69, 9.17) is 4.74 Å². The molecule has 1 aromatic rings. The Morgan fingerprint density at radius 3 is 2.29 bits per heavy atom. The van der Waals surface area contributed by atoms with Gasteiger partial charge in [-0.3, -0.25) is 0 Å². The summed E-state index contributed by atoms with van der Waals surface area (Å²) in [7, 11) is 0.187. The quantitative estimate of drug-likeness (QED) is 0.734. The molecule has 24 heavy (non-hydrogen) atoms. The number of amides is 1. The Kier molecular flexibility index (Phi) is 6.69. The number of hydrogen-bond donors (Lipinski definition) is 1. The van der Waals surface area contributed by atoms with E-state index >= 15 is 0 Å². The predicted octanol–water partition coefficient (Wildman–Crippen LogP) is 4.98. The number of carbonyl (C=O) groups is 1. The van der Waals surface area contributed by atoms with Crippen LogP contribution in [0.15, 0.2) is 12.1 Å². The molecule has 0 saturated carbocycles. The second-order valence-electron chi connectivity index (χ2n) is 7.68. The van der Waals surface area contributed by atoms with Gasteiger partial charge in [0.15, 0.2) is 0 Å². The van der Waals surface area contributed by atoms with Crippen LogP contribution in [0, 0.1) is 13.8 Å². The second-order valence-corrected chi connectivity index (χ2v) is 12.7. The normalized spacial score (nSPS) is 19.4. The maximum atomic E-state index is 13.2. The predicted molar refractivity (Wildman–Crippen MR) is 108 cm³/mol. The third kappa shape index (κ3) is 4.30. The fraction of sp³-hybridized carbons (Fsp3) is 0.650. The summed E-state index contributed by atoms with van der Waals surface area (Å²) in [5.74, 6) is 1.10. The summed E-state index contributed by atoms with van der Waals surface area (Å²) in [4.78, 5) is 13.2. The average Bonchev–Trinajstić information content (AvgIpc) is 2.56. The van der Waals surface area contributed by atoms with Crippen molar-refractivity contribution in [2.75, 3.05) is 31.4 Å². The summed E-state index contributed by atoms with van der Waals surface area (Å²) in [6.07, 6.45) is 8.72. The molecule has 1 fully saturated rings. The molecule has 4 heteroatoms.